The first-order chi connectivity index (χ1) is 8.27. The predicted octanol–water partition coefficient (Wildman–Crippen LogP) is 3.93. The fourth-order valence-corrected chi connectivity index (χ4v) is 1.88. The molecule has 1 N–H and O–H groups in total. The van der Waals surface area contributed by atoms with E-state index in [4.69, 9.17) is 4.74 Å². The van der Waals surface area contributed by atoms with E-state index in [9.17, 15) is 0 Å². The van der Waals surface area contributed by atoms with Crippen molar-refractivity contribution < 1.29 is 4.74 Å². The Morgan fingerprint density at radius 1 is 1.12 bits per heavy atom. The summed E-state index contributed by atoms with van der Waals surface area (Å²) in [6.07, 6.45) is 5.25. The number of hydrogen-bond acceptors (Lipinski definition) is 2. The Morgan fingerprint density at radius 2 is 1.82 bits per heavy atom. The fourth-order valence-electron chi connectivity index (χ4n) is 1.88. The molecule has 1 rings (SSSR count). The SMILES string of the molecule is CCCCCCN[C@@H](C)c1ccc(OC)cc1. The summed E-state index contributed by atoms with van der Waals surface area (Å²) in [7, 11) is 1.70. The van der Waals surface area contributed by atoms with Gasteiger partial charge in [-0.25, -0.2) is 0 Å². The van der Waals surface area contributed by atoms with E-state index >= 15 is 0 Å². The van der Waals surface area contributed by atoms with E-state index in [-0.39, 0.29) is 0 Å². The van der Waals surface area contributed by atoms with Crippen LogP contribution in [0, 0.1) is 0 Å². The van der Waals surface area contributed by atoms with Gasteiger partial charge in [-0.2, -0.15) is 0 Å². The van der Waals surface area contributed by atoms with Crippen LogP contribution in [-0.2, 0) is 0 Å². The maximum Gasteiger partial charge on any atom is 0.118 e. The van der Waals surface area contributed by atoms with E-state index in [1.165, 1.54) is 31.2 Å². The van der Waals surface area contributed by atoms with E-state index < -0.39 is 0 Å². The molecule has 0 aliphatic rings. The van der Waals surface area contributed by atoms with E-state index in [2.05, 4.69) is 31.3 Å². The zero-order valence-electron chi connectivity index (χ0n) is 11.3. The van der Waals surface area contributed by atoms with Crippen molar-refractivity contribution in [2.24, 2.45) is 0 Å². The monoisotopic (exact) mass is 235 g/mol. The van der Waals surface area contributed by atoms with Crippen molar-refractivity contribution in [2.45, 2.75) is 45.6 Å². The summed E-state index contributed by atoms with van der Waals surface area (Å²) < 4.78 is 5.15. The third-order valence-corrected chi connectivity index (χ3v) is 3.10. The fraction of sp³-hybridized carbons (Fsp3) is 0.600. The van der Waals surface area contributed by atoms with Crippen LogP contribution in [0.3, 0.4) is 0 Å². The maximum atomic E-state index is 5.15. The molecule has 0 saturated carbocycles. The molecule has 1 aromatic carbocycles. The van der Waals surface area contributed by atoms with Crippen LogP contribution in [-0.4, -0.2) is 13.7 Å². The third-order valence-electron chi connectivity index (χ3n) is 3.10. The number of rotatable bonds is 8. The van der Waals surface area contributed by atoms with Gasteiger partial charge < -0.3 is 10.1 Å². The van der Waals surface area contributed by atoms with Crippen LogP contribution in [0.4, 0.5) is 0 Å². The van der Waals surface area contributed by atoms with Crippen molar-refractivity contribution in [2.75, 3.05) is 13.7 Å². The molecule has 0 saturated heterocycles. The van der Waals surface area contributed by atoms with E-state index in [0.717, 1.165) is 12.3 Å². The lowest BCUT2D eigenvalue weighted by Gasteiger charge is -2.14. The van der Waals surface area contributed by atoms with Crippen molar-refractivity contribution in [1.29, 1.82) is 0 Å². The minimum Gasteiger partial charge on any atom is -0.497 e. The standard InChI is InChI=1S/C15H25NO/c1-4-5-6-7-12-16-13(2)14-8-10-15(17-3)11-9-14/h8-11,13,16H,4-7,12H2,1-3H3/t13-/m0/s1. The highest BCUT2D eigenvalue weighted by Gasteiger charge is 2.03. The number of unbranched alkanes of at least 4 members (excludes halogenated alkanes) is 3. The molecule has 1 atom stereocenters. The van der Waals surface area contributed by atoms with Crippen LogP contribution in [0.5, 0.6) is 5.75 Å². The number of nitrogens with one attached hydrogen (secondary N) is 1. The molecule has 0 amide bonds. The molecule has 0 bridgehead atoms. The summed E-state index contributed by atoms with van der Waals surface area (Å²) in [6, 6.07) is 8.71. The van der Waals surface area contributed by atoms with Gasteiger partial charge in [-0.1, -0.05) is 38.3 Å². The predicted molar refractivity (Wildman–Crippen MR) is 73.6 cm³/mol. The quantitative estimate of drug-likeness (QED) is 0.689. The van der Waals surface area contributed by atoms with Crippen LogP contribution in [0.1, 0.15) is 51.1 Å². The van der Waals surface area contributed by atoms with Gasteiger partial charge in [0, 0.05) is 6.04 Å². The molecule has 0 aliphatic carbocycles. The smallest absolute Gasteiger partial charge is 0.118 e. The number of benzene rings is 1. The molecule has 0 unspecified atom stereocenters. The van der Waals surface area contributed by atoms with Crippen LogP contribution in [0.15, 0.2) is 24.3 Å². The lowest BCUT2D eigenvalue weighted by Crippen LogP contribution is -2.19. The van der Waals surface area contributed by atoms with Crippen LogP contribution in [0.25, 0.3) is 0 Å². The first kappa shape index (κ1) is 14.0. The summed E-state index contributed by atoms with van der Waals surface area (Å²) in [6.45, 7) is 5.56. The molecular weight excluding hydrogens is 210 g/mol. The molecule has 17 heavy (non-hydrogen) atoms. The number of methoxy groups -OCH3 is 1. The molecule has 2 heteroatoms. The minimum absolute atomic E-state index is 0.419. The van der Waals surface area contributed by atoms with Crippen LogP contribution in [0.2, 0.25) is 0 Å². The average Bonchev–Trinajstić information content (AvgIpc) is 2.38. The Morgan fingerprint density at radius 3 is 2.41 bits per heavy atom. The molecule has 2 nitrogen and oxygen atoms in total. The third kappa shape index (κ3) is 5.22. The Kier molecular flexibility index (Phi) is 6.71. The molecule has 0 fully saturated rings. The van der Waals surface area contributed by atoms with Gasteiger partial charge in [0.25, 0.3) is 0 Å². The van der Waals surface area contributed by atoms with E-state index in [1.807, 2.05) is 12.1 Å². The van der Waals surface area contributed by atoms with E-state index in [0.29, 0.717) is 6.04 Å². The van der Waals surface area contributed by atoms with Gasteiger partial charge in [0.15, 0.2) is 0 Å². The second-order valence-corrected chi connectivity index (χ2v) is 4.51. The van der Waals surface area contributed by atoms with Crippen molar-refractivity contribution in [3.05, 3.63) is 29.8 Å². The molecule has 96 valence electrons. The zero-order valence-corrected chi connectivity index (χ0v) is 11.3. The second kappa shape index (κ2) is 8.13. The topological polar surface area (TPSA) is 21.3 Å². The van der Waals surface area contributed by atoms with Gasteiger partial charge in [0.1, 0.15) is 5.75 Å². The second-order valence-electron chi connectivity index (χ2n) is 4.51. The molecule has 0 heterocycles. The summed E-state index contributed by atoms with van der Waals surface area (Å²) in [4.78, 5) is 0. The van der Waals surface area contributed by atoms with Gasteiger partial charge in [0.2, 0.25) is 0 Å². The van der Waals surface area contributed by atoms with Crippen molar-refractivity contribution in [3.8, 4) is 5.75 Å². The van der Waals surface area contributed by atoms with Gasteiger partial charge >= 0.3 is 0 Å². The molecule has 1 aromatic rings. The Labute approximate surface area is 105 Å². The molecule has 0 aliphatic heterocycles. The first-order valence-corrected chi connectivity index (χ1v) is 6.65. The van der Waals surface area contributed by atoms with Crippen molar-refractivity contribution in [1.82, 2.24) is 5.32 Å². The molecule has 0 aromatic heterocycles. The summed E-state index contributed by atoms with van der Waals surface area (Å²) in [5, 5.41) is 3.55. The Hall–Kier alpha value is -1.02. The van der Waals surface area contributed by atoms with Crippen LogP contribution >= 0.6 is 0 Å². The lowest BCUT2D eigenvalue weighted by atomic mass is 10.1. The maximum absolute atomic E-state index is 5.15. The first-order valence-electron chi connectivity index (χ1n) is 6.65. The minimum atomic E-state index is 0.419. The van der Waals surface area contributed by atoms with Crippen LogP contribution < -0.4 is 10.1 Å². The number of ether oxygens (including phenoxy) is 1. The van der Waals surface area contributed by atoms with Gasteiger partial charge in [0.05, 0.1) is 7.11 Å². The summed E-state index contributed by atoms with van der Waals surface area (Å²) in [5.74, 6) is 0.920. The Balaban J connectivity index is 2.28. The highest BCUT2D eigenvalue weighted by molar-refractivity contribution is 5.28. The zero-order chi connectivity index (χ0) is 12.5. The van der Waals surface area contributed by atoms with Crippen molar-refractivity contribution >= 4 is 0 Å². The van der Waals surface area contributed by atoms with Crippen molar-refractivity contribution in [3.63, 3.8) is 0 Å². The van der Waals surface area contributed by atoms with Gasteiger partial charge in [-0.3, -0.25) is 0 Å². The molecule has 0 radical (unpaired) electrons. The summed E-state index contributed by atoms with van der Waals surface area (Å²) in [5.41, 5.74) is 1.32. The highest BCUT2D eigenvalue weighted by Crippen LogP contribution is 2.17. The normalized spacial score (nSPS) is 12.4. The number of hydrogen-bond donors (Lipinski definition) is 1. The summed E-state index contributed by atoms with van der Waals surface area (Å²) >= 11 is 0. The molecular formula is C15H25NO. The highest BCUT2D eigenvalue weighted by atomic mass is 16.5. The van der Waals surface area contributed by atoms with Gasteiger partial charge in [-0.05, 0) is 37.6 Å². The molecule has 0 spiro atoms. The average molecular weight is 235 g/mol. The largest absolute Gasteiger partial charge is 0.497 e. The van der Waals surface area contributed by atoms with E-state index in [1.54, 1.807) is 7.11 Å². The Bertz CT molecular complexity index is 294. The lowest BCUT2D eigenvalue weighted by molar-refractivity contribution is 0.414. The van der Waals surface area contributed by atoms with Gasteiger partial charge in [-0.15, -0.1) is 0 Å².